The second-order valence-corrected chi connectivity index (χ2v) is 5.70. The standard InChI is InChI=1S/C19H20N4O2/c1-23-13-14(12-21-23)11-18(24)22-19(16-8-5-6-10-20-16)15-7-3-4-9-17(15)25-2/h3-10,12-13,19H,11H2,1-2H3,(H,22,24)/t19-/m0/s1. The molecule has 3 rings (SSSR count). The lowest BCUT2D eigenvalue weighted by molar-refractivity contribution is -0.121. The normalized spacial score (nSPS) is 11.8. The summed E-state index contributed by atoms with van der Waals surface area (Å²) >= 11 is 0. The lowest BCUT2D eigenvalue weighted by Crippen LogP contribution is -2.31. The first-order chi connectivity index (χ1) is 12.2. The number of aryl methyl sites for hydroxylation is 1. The van der Waals surface area contributed by atoms with Gasteiger partial charge < -0.3 is 10.1 Å². The highest BCUT2D eigenvalue weighted by Gasteiger charge is 2.21. The smallest absolute Gasteiger partial charge is 0.225 e. The molecule has 0 saturated heterocycles. The Labute approximate surface area is 146 Å². The fourth-order valence-corrected chi connectivity index (χ4v) is 2.72. The molecular weight excluding hydrogens is 316 g/mol. The number of benzene rings is 1. The third kappa shape index (κ3) is 4.03. The van der Waals surface area contributed by atoms with Crippen LogP contribution in [-0.4, -0.2) is 27.8 Å². The van der Waals surface area contributed by atoms with Gasteiger partial charge in [0.25, 0.3) is 0 Å². The van der Waals surface area contributed by atoms with Crippen molar-refractivity contribution in [2.24, 2.45) is 7.05 Å². The Morgan fingerprint density at radius 3 is 2.72 bits per heavy atom. The van der Waals surface area contributed by atoms with Crippen LogP contribution in [0.4, 0.5) is 0 Å². The molecule has 0 bridgehead atoms. The highest BCUT2D eigenvalue weighted by atomic mass is 16.5. The van der Waals surface area contributed by atoms with Crippen molar-refractivity contribution >= 4 is 5.91 Å². The summed E-state index contributed by atoms with van der Waals surface area (Å²) in [5, 5.41) is 7.16. The van der Waals surface area contributed by atoms with Crippen molar-refractivity contribution in [3.8, 4) is 5.75 Å². The summed E-state index contributed by atoms with van der Waals surface area (Å²) < 4.78 is 7.14. The van der Waals surface area contributed by atoms with Crippen LogP contribution >= 0.6 is 0 Å². The number of ether oxygens (including phenoxy) is 1. The van der Waals surface area contributed by atoms with E-state index in [0.717, 1.165) is 16.8 Å². The Morgan fingerprint density at radius 2 is 2.04 bits per heavy atom. The molecule has 2 heterocycles. The van der Waals surface area contributed by atoms with Gasteiger partial charge in [0.15, 0.2) is 0 Å². The van der Waals surface area contributed by atoms with Crippen LogP contribution in [0.15, 0.2) is 61.1 Å². The van der Waals surface area contributed by atoms with E-state index >= 15 is 0 Å². The molecule has 0 radical (unpaired) electrons. The topological polar surface area (TPSA) is 69.0 Å². The average Bonchev–Trinajstić information content (AvgIpc) is 3.05. The van der Waals surface area contributed by atoms with E-state index in [1.807, 2.05) is 55.7 Å². The molecule has 6 nitrogen and oxygen atoms in total. The van der Waals surface area contributed by atoms with Gasteiger partial charge in [-0.25, -0.2) is 0 Å². The summed E-state index contributed by atoms with van der Waals surface area (Å²) in [6, 6.07) is 12.9. The summed E-state index contributed by atoms with van der Waals surface area (Å²) in [4.78, 5) is 17.0. The zero-order chi connectivity index (χ0) is 17.6. The van der Waals surface area contributed by atoms with E-state index in [1.54, 1.807) is 24.2 Å². The predicted octanol–water partition coefficient (Wildman–Crippen LogP) is 2.27. The summed E-state index contributed by atoms with van der Waals surface area (Å²) in [6.07, 6.45) is 5.49. The Bertz CT molecular complexity index is 845. The number of hydrogen-bond acceptors (Lipinski definition) is 4. The molecule has 3 aromatic rings. The Kier molecular flexibility index (Phi) is 5.09. The molecule has 1 amide bonds. The number of hydrogen-bond donors (Lipinski definition) is 1. The van der Waals surface area contributed by atoms with Crippen molar-refractivity contribution in [1.29, 1.82) is 0 Å². The van der Waals surface area contributed by atoms with Gasteiger partial charge in [-0.1, -0.05) is 24.3 Å². The monoisotopic (exact) mass is 336 g/mol. The number of amides is 1. The fraction of sp³-hybridized carbons (Fsp3) is 0.211. The number of rotatable bonds is 6. The lowest BCUT2D eigenvalue weighted by Gasteiger charge is -2.21. The molecule has 6 heteroatoms. The van der Waals surface area contributed by atoms with E-state index in [1.165, 1.54) is 0 Å². The molecule has 0 unspecified atom stereocenters. The number of nitrogens with zero attached hydrogens (tertiary/aromatic N) is 3. The van der Waals surface area contributed by atoms with Crippen molar-refractivity contribution < 1.29 is 9.53 Å². The molecular formula is C19H20N4O2. The number of para-hydroxylation sites is 1. The summed E-state index contributed by atoms with van der Waals surface area (Å²) in [7, 11) is 3.44. The van der Waals surface area contributed by atoms with E-state index in [9.17, 15) is 4.79 Å². The second-order valence-electron chi connectivity index (χ2n) is 5.70. The van der Waals surface area contributed by atoms with Gasteiger partial charge in [-0.05, 0) is 23.8 Å². The van der Waals surface area contributed by atoms with Gasteiger partial charge in [-0.3, -0.25) is 14.5 Å². The van der Waals surface area contributed by atoms with E-state index in [2.05, 4.69) is 15.4 Å². The quantitative estimate of drug-likeness (QED) is 0.750. The van der Waals surface area contributed by atoms with Gasteiger partial charge in [0, 0.05) is 25.0 Å². The molecule has 0 aliphatic heterocycles. The third-order valence-corrected chi connectivity index (χ3v) is 3.86. The number of nitrogens with one attached hydrogen (secondary N) is 1. The summed E-state index contributed by atoms with van der Waals surface area (Å²) in [5.41, 5.74) is 2.48. The molecule has 0 saturated carbocycles. The Morgan fingerprint density at radius 1 is 1.24 bits per heavy atom. The van der Waals surface area contributed by atoms with Crippen molar-refractivity contribution in [3.05, 3.63) is 77.9 Å². The van der Waals surface area contributed by atoms with E-state index in [-0.39, 0.29) is 18.4 Å². The maximum atomic E-state index is 12.6. The van der Waals surface area contributed by atoms with Crippen molar-refractivity contribution in [2.75, 3.05) is 7.11 Å². The summed E-state index contributed by atoms with van der Waals surface area (Å²) in [5.74, 6) is 0.606. The molecule has 1 aromatic carbocycles. The molecule has 25 heavy (non-hydrogen) atoms. The average molecular weight is 336 g/mol. The minimum Gasteiger partial charge on any atom is -0.496 e. The van der Waals surface area contributed by atoms with Crippen LogP contribution in [0.25, 0.3) is 0 Å². The zero-order valence-corrected chi connectivity index (χ0v) is 14.2. The van der Waals surface area contributed by atoms with Gasteiger partial charge in [-0.2, -0.15) is 5.10 Å². The maximum Gasteiger partial charge on any atom is 0.225 e. The van der Waals surface area contributed by atoms with Crippen molar-refractivity contribution in [1.82, 2.24) is 20.1 Å². The molecule has 1 N–H and O–H groups in total. The predicted molar refractivity (Wildman–Crippen MR) is 94.1 cm³/mol. The van der Waals surface area contributed by atoms with Crippen LogP contribution in [-0.2, 0) is 18.3 Å². The van der Waals surface area contributed by atoms with Gasteiger partial charge >= 0.3 is 0 Å². The molecule has 128 valence electrons. The van der Waals surface area contributed by atoms with Gasteiger partial charge in [0.1, 0.15) is 5.75 Å². The molecule has 2 aromatic heterocycles. The highest BCUT2D eigenvalue weighted by molar-refractivity contribution is 5.79. The lowest BCUT2D eigenvalue weighted by atomic mass is 10.0. The van der Waals surface area contributed by atoms with E-state index in [4.69, 9.17) is 4.74 Å². The maximum absolute atomic E-state index is 12.6. The van der Waals surface area contributed by atoms with Crippen LogP contribution < -0.4 is 10.1 Å². The van der Waals surface area contributed by atoms with Gasteiger partial charge in [-0.15, -0.1) is 0 Å². The van der Waals surface area contributed by atoms with E-state index < -0.39 is 0 Å². The Balaban J connectivity index is 1.88. The van der Waals surface area contributed by atoms with Gasteiger partial charge in [0.05, 0.1) is 31.5 Å². The first-order valence-corrected chi connectivity index (χ1v) is 7.98. The first kappa shape index (κ1) is 16.7. The van der Waals surface area contributed by atoms with Crippen LogP contribution in [0.5, 0.6) is 5.75 Å². The number of methoxy groups -OCH3 is 1. The first-order valence-electron chi connectivity index (χ1n) is 7.98. The number of aromatic nitrogens is 3. The molecule has 1 atom stereocenters. The number of pyridine rings is 1. The third-order valence-electron chi connectivity index (χ3n) is 3.86. The SMILES string of the molecule is COc1ccccc1[C@H](NC(=O)Cc1cnn(C)c1)c1ccccn1. The Hall–Kier alpha value is -3.15. The van der Waals surface area contributed by atoms with Crippen molar-refractivity contribution in [3.63, 3.8) is 0 Å². The number of carbonyl (C=O) groups excluding carboxylic acids is 1. The van der Waals surface area contributed by atoms with Crippen molar-refractivity contribution in [2.45, 2.75) is 12.5 Å². The minimum atomic E-state index is -0.387. The molecule has 0 fully saturated rings. The zero-order valence-electron chi connectivity index (χ0n) is 14.2. The van der Waals surface area contributed by atoms with Gasteiger partial charge in [0.2, 0.25) is 5.91 Å². The second kappa shape index (κ2) is 7.61. The largest absolute Gasteiger partial charge is 0.496 e. The molecule has 0 aliphatic rings. The van der Waals surface area contributed by atoms with Crippen LogP contribution in [0.3, 0.4) is 0 Å². The van der Waals surface area contributed by atoms with E-state index in [0.29, 0.717) is 5.75 Å². The summed E-state index contributed by atoms with van der Waals surface area (Å²) in [6.45, 7) is 0. The number of carbonyl (C=O) groups is 1. The fourth-order valence-electron chi connectivity index (χ4n) is 2.72. The minimum absolute atomic E-state index is 0.102. The highest BCUT2D eigenvalue weighted by Crippen LogP contribution is 2.28. The molecule has 0 aliphatic carbocycles. The van der Waals surface area contributed by atoms with Crippen LogP contribution in [0.2, 0.25) is 0 Å². The van der Waals surface area contributed by atoms with Crippen LogP contribution in [0, 0.1) is 0 Å². The molecule has 0 spiro atoms. The van der Waals surface area contributed by atoms with Crippen LogP contribution in [0.1, 0.15) is 22.9 Å².